The maximum Gasteiger partial charge on any atom is 0.136 e. The van der Waals surface area contributed by atoms with Gasteiger partial charge >= 0.3 is 0 Å². The molecule has 0 amide bonds. The zero-order valence-corrected chi connectivity index (χ0v) is 12.1. The molecule has 1 aromatic carbocycles. The van der Waals surface area contributed by atoms with Crippen molar-refractivity contribution in [2.45, 2.75) is 18.4 Å². The van der Waals surface area contributed by atoms with E-state index in [1.54, 1.807) is 0 Å². The molecule has 21 heavy (non-hydrogen) atoms. The normalized spacial score (nSPS) is 29.4. The minimum absolute atomic E-state index is 0.292. The second kappa shape index (κ2) is 4.97. The standard InChI is InChI=1S/C17H21N3O/c21-17-6-9-18-11-14(17)12-20(10-7-17)16-15-4-2-1-3-13(15)5-8-19-16/h1-5,8,14,18,21H,6-7,9-12H2/t14-,17-/m0/s1. The van der Waals surface area contributed by atoms with E-state index in [0.29, 0.717) is 5.92 Å². The Morgan fingerprint density at radius 2 is 2.14 bits per heavy atom. The molecule has 2 aromatic rings. The smallest absolute Gasteiger partial charge is 0.136 e. The lowest BCUT2D eigenvalue weighted by Gasteiger charge is -2.48. The van der Waals surface area contributed by atoms with Crippen LogP contribution in [0.25, 0.3) is 10.8 Å². The lowest BCUT2D eigenvalue weighted by molar-refractivity contribution is -0.0539. The zero-order chi connectivity index (χ0) is 14.3. The first-order valence-corrected chi connectivity index (χ1v) is 7.78. The van der Waals surface area contributed by atoms with Crippen molar-refractivity contribution in [1.82, 2.24) is 10.3 Å². The molecule has 4 nitrogen and oxygen atoms in total. The summed E-state index contributed by atoms with van der Waals surface area (Å²) in [4.78, 5) is 6.96. The molecule has 4 rings (SSSR count). The third-order valence-corrected chi connectivity index (χ3v) is 5.09. The molecule has 2 aliphatic heterocycles. The van der Waals surface area contributed by atoms with Crippen LogP contribution in [0.2, 0.25) is 0 Å². The number of rotatable bonds is 1. The van der Waals surface area contributed by atoms with E-state index < -0.39 is 5.60 Å². The molecule has 3 heterocycles. The molecule has 2 aliphatic rings. The van der Waals surface area contributed by atoms with Crippen LogP contribution < -0.4 is 10.2 Å². The number of hydrogen-bond acceptors (Lipinski definition) is 4. The first-order chi connectivity index (χ1) is 10.3. The third-order valence-electron chi connectivity index (χ3n) is 5.09. The largest absolute Gasteiger partial charge is 0.389 e. The maximum absolute atomic E-state index is 10.8. The van der Waals surface area contributed by atoms with Crippen LogP contribution in [0.1, 0.15) is 12.8 Å². The SMILES string of the molecule is O[C@]12CCNC[C@H]1CN(c1nccc3ccccc13)CC2. The number of anilines is 1. The molecule has 2 atom stereocenters. The van der Waals surface area contributed by atoms with Crippen molar-refractivity contribution < 1.29 is 5.11 Å². The predicted molar refractivity (Wildman–Crippen MR) is 84.5 cm³/mol. The van der Waals surface area contributed by atoms with Gasteiger partial charge in [0.05, 0.1) is 5.60 Å². The Bertz CT molecular complexity index is 654. The summed E-state index contributed by atoms with van der Waals surface area (Å²) in [7, 11) is 0. The highest BCUT2D eigenvalue weighted by Crippen LogP contribution is 2.36. The van der Waals surface area contributed by atoms with E-state index in [-0.39, 0.29) is 0 Å². The number of nitrogens with zero attached hydrogens (tertiary/aromatic N) is 2. The van der Waals surface area contributed by atoms with Gasteiger partial charge in [0.1, 0.15) is 5.82 Å². The minimum atomic E-state index is -0.480. The Balaban J connectivity index is 1.67. The van der Waals surface area contributed by atoms with Crippen molar-refractivity contribution in [3.63, 3.8) is 0 Å². The molecular formula is C17H21N3O. The molecule has 0 bridgehead atoms. The monoisotopic (exact) mass is 283 g/mol. The lowest BCUT2D eigenvalue weighted by atomic mass is 9.76. The van der Waals surface area contributed by atoms with Gasteiger partial charge in [-0.3, -0.25) is 0 Å². The summed E-state index contributed by atoms with van der Waals surface area (Å²) >= 11 is 0. The van der Waals surface area contributed by atoms with Crippen molar-refractivity contribution in [3.8, 4) is 0 Å². The quantitative estimate of drug-likeness (QED) is 0.837. The molecule has 0 saturated carbocycles. The van der Waals surface area contributed by atoms with Crippen molar-refractivity contribution >= 4 is 16.6 Å². The second-order valence-corrected chi connectivity index (χ2v) is 6.31. The van der Waals surface area contributed by atoms with Gasteiger partial charge in [-0.05, 0) is 30.8 Å². The van der Waals surface area contributed by atoms with Gasteiger partial charge in [-0.2, -0.15) is 0 Å². The number of aromatic nitrogens is 1. The number of benzene rings is 1. The van der Waals surface area contributed by atoms with Crippen LogP contribution in [0.3, 0.4) is 0 Å². The van der Waals surface area contributed by atoms with Crippen LogP contribution >= 0.6 is 0 Å². The van der Waals surface area contributed by atoms with Gasteiger partial charge in [0.2, 0.25) is 0 Å². The number of pyridine rings is 1. The molecule has 0 aliphatic carbocycles. The van der Waals surface area contributed by atoms with Crippen LogP contribution in [0.5, 0.6) is 0 Å². The van der Waals surface area contributed by atoms with Gasteiger partial charge in [0.15, 0.2) is 0 Å². The summed E-state index contributed by atoms with van der Waals surface area (Å²) in [5.74, 6) is 1.35. The molecule has 0 unspecified atom stereocenters. The molecule has 110 valence electrons. The van der Waals surface area contributed by atoms with E-state index >= 15 is 0 Å². The van der Waals surface area contributed by atoms with E-state index in [9.17, 15) is 5.11 Å². The molecule has 0 radical (unpaired) electrons. The van der Waals surface area contributed by atoms with Crippen LogP contribution in [0.15, 0.2) is 36.5 Å². The van der Waals surface area contributed by atoms with Crippen LogP contribution in [-0.4, -0.2) is 41.9 Å². The highest BCUT2D eigenvalue weighted by molar-refractivity contribution is 5.92. The first kappa shape index (κ1) is 13.0. The van der Waals surface area contributed by atoms with E-state index in [1.807, 2.05) is 6.20 Å². The van der Waals surface area contributed by atoms with Gasteiger partial charge in [0.25, 0.3) is 0 Å². The molecular weight excluding hydrogens is 262 g/mol. The summed E-state index contributed by atoms with van der Waals surface area (Å²) in [6, 6.07) is 10.4. The third kappa shape index (κ3) is 2.19. The molecule has 2 N–H and O–H groups in total. The number of nitrogens with one attached hydrogen (secondary N) is 1. The second-order valence-electron chi connectivity index (χ2n) is 6.31. The Morgan fingerprint density at radius 1 is 1.24 bits per heavy atom. The molecule has 1 aromatic heterocycles. The highest BCUT2D eigenvalue weighted by atomic mass is 16.3. The molecule has 2 saturated heterocycles. The van der Waals surface area contributed by atoms with Crippen molar-refractivity contribution in [1.29, 1.82) is 0 Å². The van der Waals surface area contributed by atoms with Gasteiger partial charge in [-0.1, -0.05) is 24.3 Å². The fraction of sp³-hybridized carbons (Fsp3) is 0.471. The molecule has 2 fully saturated rings. The first-order valence-electron chi connectivity index (χ1n) is 7.78. The highest BCUT2D eigenvalue weighted by Gasteiger charge is 2.43. The lowest BCUT2D eigenvalue weighted by Crippen LogP contribution is -2.59. The topological polar surface area (TPSA) is 48.4 Å². The number of fused-ring (bicyclic) bond motifs is 2. The Hall–Kier alpha value is -1.65. The minimum Gasteiger partial charge on any atom is -0.389 e. The number of aliphatic hydroxyl groups is 1. The summed E-state index contributed by atoms with van der Waals surface area (Å²) in [5.41, 5.74) is -0.480. The Kier molecular flexibility index (Phi) is 3.08. The summed E-state index contributed by atoms with van der Waals surface area (Å²) in [6.45, 7) is 3.59. The van der Waals surface area contributed by atoms with E-state index in [4.69, 9.17) is 0 Å². The fourth-order valence-corrected chi connectivity index (χ4v) is 3.77. The Morgan fingerprint density at radius 3 is 3.10 bits per heavy atom. The average molecular weight is 283 g/mol. The fourth-order valence-electron chi connectivity index (χ4n) is 3.77. The molecule has 4 heteroatoms. The van der Waals surface area contributed by atoms with Crippen LogP contribution in [0, 0.1) is 5.92 Å². The van der Waals surface area contributed by atoms with Crippen LogP contribution in [0.4, 0.5) is 5.82 Å². The van der Waals surface area contributed by atoms with E-state index in [0.717, 1.165) is 44.8 Å². The predicted octanol–water partition coefficient (Wildman–Crippen LogP) is 1.79. The molecule has 0 spiro atoms. The van der Waals surface area contributed by atoms with Crippen LogP contribution in [-0.2, 0) is 0 Å². The maximum atomic E-state index is 10.8. The zero-order valence-electron chi connectivity index (χ0n) is 12.1. The van der Waals surface area contributed by atoms with Gasteiger partial charge in [-0.25, -0.2) is 4.98 Å². The van der Waals surface area contributed by atoms with E-state index in [2.05, 4.69) is 45.5 Å². The van der Waals surface area contributed by atoms with E-state index in [1.165, 1.54) is 10.8 Å². The van der Waals surface area contributed by atoms with Gasteiger partial charge in [0, 0.05) is 37.1 Å². The Labute approximate surface area is 124 Å². The average Bonchev–Trinajstić information content (AvgIpc) is 2.53. The van der Waals surface area contributed by atoms with Crippen molar-refractivity contribution in [2.24, 2.45) is 5.92 Å². The summed E-state index contributed by atoms with van der Waals surface area (Å²) in [6.07, 6.45) is 3.59. The summed E-state index contributed by atoms with van der Waals surface area (Å²) in [5, 5.41) is 16.6. The number of piperidine rings is 2. The summed E-state index contributed by atoms with van der Waals surface area (Å²) < 4.78 is 0. The number of hydrogen-bond donors (Lipinski definition) is 2. The van der Waals surface area contributed by atoms with Crippen molar-refractivity contribution in [3.05, 3.63) is 36.5 Å². The van der Waals surface area contributed by atoms with Crippen molar-refractivity contribution in [2.75, 3.05) is 31.1 Å². The van der Waals surface area contributed by atoms with Gasteiger partial charge in [-0.15, -0.1) is 0 Å². The van der Waals surface area contributed by atoms with Gasteiger partial charge < -0.3 is 15.3 Å².